The van der Waals surface area contributed by atoms with E-state index in [2.05, 4.69) is 43.5 Å². The van der Waals surface area contributed by atoms with Gasteiger partial charge in [-0.15, -0.1) is 0 Å². The molecule has 0 saturated carbocycles. The predicted octanol–water partition coefficient (Wildman–Crippen LogP) is 1.60. The molecule has 4 heterocycles. The molecule has 3 aromatic rings. The van der Waals surface area contributed by atoms with Crippen LogP contribution in [0.25, 0.3) is 16.9 Å². The Kier molecular flexibility index (Phi) is 4.05. The highest BCUT2D eigenvalue weighted by Gasteiger charge is 2.17. The van der Waals surface area contributed by atoms with E-state index in [4.69, 9.17) is 5.73 Å². The number of aromatic nitrogens is 4. The van der Waals surface area contributed by atoms with Crippen LogP contribution < -0.4 is 16.7 Å². The summed E-state index contributed by atoms with van der Waals surface area (Å²) in [5.74, 6) is 0.704. The summed E-state index contributed by atoms with van der Waals surface area (Å²) in [5, 5.41) is 3.39. The molecule has 2 aliphatic rings. The van der Waals surface area contributed by atoms with Crippen LogP contribution in [0.4, 0.5) is 5.82 Å². The Bertz CT molecular complexity index is 1190. The molecular weight excluding hydrogens is 354 g/mol. The third kappa shape index (κ3) is 2.91. The molecule has 0 bridgehead atoms. The van der Waals surface area contributed by atoms with Crippen molar-refractivity contribution in [2.45, 2.75) is 32.4 Å². The van der Waals surface area contributed by atoms with Gasteiger partial charge < -0.3 is 16.0 Å². The summed E-state index contributed by atoms with van der Waals surface area (Å²) in [4.78, 5) is 28.7. The van der Waals surface area contributed by atoms with Gasteiger partial charge in [-0.05, 0) is 42.5 Å². The average Bonchev–Trinajstić information content (AvgIpc) is 3.04. The number of nitrogens with one attached hydrogen (secondary N) is 2. The minimum atomic E-state index is -0.245. The summed E-state index contributed by atoms with van der Waals surface area (Å²) in [6, 6.07) is 6.39. The van der Waals surface area contributed by atoms with Crippen molar-refractivity contribution in [3.63, 3.8) is 0 Å². The fourth-order valence-electron chi connectivity index (χ4n) is 3.79. The fourth-order valence-corrected chi connectivity index (χ4v) is 3.79. The quantitative estimate of drug-likeness (QED) is 0.643. The van der Waals surface area contributed by atoms with Crippen molar-refractivity contribution in [1.82, 2.24) is 24.8 Å². The van der Waals surface area contributed by atoms with Crippen LogP contribution in [0.2, 0.25) is 0 Å². The van der Waals surface area contributed by atoms with Crippen molar-refractivity contribution in [2.24, 2.45) is 4.99 Å². The molecule has 0 saturated heterocycles. The lowest BCUT2D eigenvalue weighted by Crippen LogP contribution is -2.24. The van der Waals surface area contributed by atoms with Crippen LogP contribution in [-0.4, -0.2) is 32.3 Å². The molecule has 0 unspecified atom stereocenters. The van der Waals surface area contributed by atoms with E-state index in [9.17, 15) is 4.79 Å². The number of allylic oxidation sites excluding steroid dienone is 1. The zero-order valence-corrected chi connectivity index (χ0v) is 15.4. The number of hydrogen-bond acceptors (Lipinski definition) is 6. The molecule has 0 atom stereocenters. The first-order valence-electron chi connectivity index (χ1n) is 9.49. The Balaban J connectivity index is 1.58. The second kappa shape index (κ2) is 6.72. The van der Waals surface area contributed by atoms with Crippen LogP contribution in [0.15, 0.2) is 34.1 Å². The van der Waals surface area contributed by atoms with Gasteiger partial charge in [0.15, 0.2) is 17.3 Å². The van der Waals surface area contributed by atoms with Crippen LogP contribution in [0.1, 0.15) is 35.4 Å². The van der Waals surface area contributed by atoms with Crippen molar-refractivity contribution in [3.05, 3.63) is 57.3 Å². The molecule has 0 spiro atoms. The van der Waals surface area contributed by atoms with E-state index in [1.807, 2.05) is 12.3 Å². The van der Waals surface area contributed by atoms with E-state index in [1.165, 1.54) is 11.1 Å². The molecular formula is C20H21N7O. The van der Waals surface area contributed by atoms with Gasteiger partial charge in [-0.25, -0.2) is 14.8 Å². The topological polar surface area (TPSA) is 114 Å². The molecule has 28 heavy (non-hydrogen) atoms. The summed E-state index contributed by atoms with van der Waals surface area (Å²) >= 11 is 0. The lowest BCUT2D eigenvalue weighted by Gasteiger charge is -2.18. The number of nitrogens with two attached hydrogens (primary N) is 1. The maximum absolute atomic E-state index is 12.6. The summed E-state index contributed by atoms with van der Waals surface area (Å²) in [5.41, 5.74) is 11.2. The number of rotatable bonds is 3. The number of imidazole rings is 1. The molecule has 142 valence electrons. The number of H-pyrrole nitrogens is 1. The number of fused-ring (bicyclic) bond motifs is 2. The minimum Gasteiger partial charge on any atom is -0.382 e. The summed E-state index contributed by atoms with van der Waals surface area (Å²) in [6.07, 6.45) is 6.68. The molecule has 0 amide bonds. The SMILES string of the molecule is Nc1nc(C2=CCCC=N2)nc2c1[nH]c(=O)n2Cc1ccc2c(c1)CNCC2. The molecule has 8 nitrogen and oxygen atoms in total. The highest BCUT2D eigenvalue weighted by molar-refractivity contribution is 5.84. The van der Waals surface area contributed by atoms with Crippen LogP contribution in [-0.2, 0) is 19.5 Å². The van der Waals surface area contributed by atoms with E-state index in [1.54, 1.807) is 4.57 Å². The molecule has 0 fully saturated rings. The smallest absolute Gasteiger partial charge is 0.328 e. The number of nitrogen functional groups attached to an aromatic ring is 1. The van der Waals surface area contributed by atoms with Crippen molar-refractivity contribution in [1.29, 1.82) is 0 Å². The van der Waals surface area contributed by atoms with Crippen molar-refractivity contribution in [3.8, 4) is 0 Å². The highest BCUT2D eigenvalue weighted by atomic mass is 16.1. The Morgan fingerprint density at radius 3 is 2.96 bits per heavy atom. The molecule has 0 aliphatic carbocycles. The summed E-state index contributed by atoms with van der Waals surface area (Å²) in [7, 11) is 0. The highest BCUT2D eigenvalue weighted by Crippen LogP contribution is 2.22. The zero-order valence-electron chi connectivity index (χ0n) is 15.4. The molecule has 2 aliphatic heterocycles. The van der Waals surface area contributed by atoms with Gasteiger partial charge in [-0.2, -0.15) is 0 Å². The van der Waals surface area contributed by atoms with Gasteiger partial charge in [0.25, 0.3) is 0 Å². The molecule has 0 radical (unpaired) electrons. The Morgan fingerprint density at radius 1 is 1.18 bits per heavy atom. The van der Waals surface area contributed by atoms with Gasteiger partial charge in [0.1, 0.15) is 11.2 Å². The normalized spacial score (nSPS) is 16.2. The summed E-state index contributed by atoms with van der Waals surface area (Å²) in [6.45, 7) is 2.28. The molecule has 2 aromatic heterocycles. The lowest BCUT2D eigenvalue weighted by molar-refractivity contribution is 0.641. The Hall–Kier alpha value is -3.26. The average molecular weight is 375 g/mol. The van der Waals surface area contributed by atoms with Gasteiger partial charge in [0.2, 0.25) is 0 Å². The maximum Gasteiger partial charge on any atom is 0.328 e. The zero-order chi connectivity index (χ0) is 19.1. The first-order chi connectivity index (χ1) is 13.7. The number of benzene rings is 1. The van der Waals surface area contributed by atoms with E-state index >= 15 is 0 Å². The first kappa shape index (κ1) is 16.9. The van der Waals surface area contributed by atoms with Crippen molar-refractivity contribution < 1.29 is 0 Å². The third-order valence-corrected chi connectivity index (χ3v) is 5.24. The lowest BCUT2D eigenvalue weighted by atomic mass is 9.98. The van der Waals surface area contributed by atoms with E-state index < -0.39 is 0 Å². The Labute approximate surface area is 161 Å². The van der Waals surface area contributed by atoms with Crippen LogP contribution in [0.5, 0.6) is 0 Å². The predicted molar refractivity (Wildman–Crippen MR) is 109 cm³/mol. The van der Waals surface area contributed by atoms with Crippen LogP contribution >= 0.6 is 0 Å². The number of aromatic amines is 1. The van der Waals surface area contributed by atoms with E-state index in [0.29, 0.717) is 29.2 Å². The largest absolute Gasteiger partial charge is 0.382 e. The van der Waals surface area contributed by atoms with Gasteiger partial charge in [-0.1, -0.05) is 24.3 Å². The molecule has 1 aromatic carbocycles. The second-order valence-electron chi connectivity index (χ2n) is 7.16. The maximum atomic E-state index is 12.6. The van der Waals surface area contributed by atoms with Crippen molar-refractivity contribution in [2.75, 3.05) is 12.3 Å². The van der Waals surface area contributed by atoms with Gasteiger partial charge in [0.05, 0.1) is 6.54 Å². The van der Waals surface area contributed by atoms with Crippen molar-refractivity contribution >= 4 is 28.9 Å². The third-order valence-electron chi connectivity index (χ3n) is 5.24. The standard InChI is InChI=1S/C20H21N7O/c21-17-16-19(26-18(25-17)15-3-1-2-7-23-15)27(20(28)24-16)11-12-4-5-13-6-8-22-10-14(13)9-12/h3-5,7,9,22H,1-2,6,8,10-11H2,(H,24,28)(H2,21,25,26). The fraction of sp³-hybridized carbons (Fsp3) is 0.300. The summed E-state index contributed by atoms with van der Waals surface area (Å²) < 4.78 is 1.61. The van der Waals surface area contributed by atoms with Gasteiger partial charge >= 0.3 is 5.69 Å². The second-order valence-corrected chi connectivity index (χ2v) is 7.16. The van der Waals surface area contributed by atoms with Crippen LogP contribution in [0, 0.1) is 0 Å². The monoisotopic (exact) mass is 375 g/mol. The van der Waals surface area contributed by atoms with Crippen LogP contribution in [0.3, 0.4) is 0 Å². The molecule has 8 heteroatoms. The number of hydrogen-bond donors (Lipinski definition) is 3. The van der Waals surface area contributed by atoms with E-state index in [0.717, 1.165) is 37.9 Å². The van der Waals surface area contributed by atoms with Gasteiger partial charge in [-0.3, -0.25) is 9.56 Å². The minimum absolute atomic E-state index is 0.245. The number of anilines is 1. The van der Waals surface area contributed by atoms with Gasteiger partial charge in [0, 0.05) is 12.8 Å². The number of aliphatic imine (C=N–C) groups is 1. The molecule has 5 rings (SSSR count). The molecule has 4 N–H and O–H groups in total. The first-order valence-corrected chi connectivity index (χ1v) is 9.49. The Morgan fingerprint density at radius 2 is 2.11 bits per heavy atom. The van der Waals surface area contributed by atoms with E-state index in [-0.39, 0.29) is 11.5 Å². The number of nitrogens with zero attached hydrogens (tertiary/aromatic N) is 4.